The molecule has 1 rings (SSSR count). The molecule has 0 saturated carbocycles. The van der Waals surface area contributed by atoms with Gasteiger partial charge in [-0.2, -0.15) is 5.26 Å². The molecule has 0 aliphatic rings. The Labute approximate surface area is 82.7 Å². The Morgan fingerprint density at radius 3 is 2.92 bits per heavy atom. The van der Waals surface area contributed by atoms with Gasteiger partial charge in [0, 0.05) is 5.02 Å². The highest BCUT2D eigenvalue weighted by molar-refractivity contribution is 6.30. The lowest BCUT2D eigenvalue weighted by Crippen LogP contribution is -1.98. The summed E-state index contributed by atoms with van der Waals surface area (Å²) in [4.78, 5) is 0. The zero-order chi connectivity index (χ0) is 9.68. The number of rotatable bonds is 3. The van der Waals surface area contributed by atoms with E-state index in [1.54, 1.807) is 12.3 Å². The molecule has 13 heavy (non-hydrogen) atoms. The Kier molecular flexibility index (Phi) is 3.60. The van der Waals surface area contributed by atoms with Crippen LogP contribution in [0.4, 0.5) is 0 Å². The molecule has 0 heterocycles. The first-order chi connectivity index (χ1) is 6.27. The molecule has 0 N–H and O–H groups in total. The Balaban J connectivity index is 2.86. The lowest BCUT2D eigenvalue weighted by atomic mass is 10.1. The molecule has 0 amide bonds. The topological polar surface area (TPSA) is 33.0 Å². The maximum Gasteiger partial charge on any atom is 0.286 e. The van der Waals surface area contributed by atoms with Crippen LogP contribution >= 0.6 is 11.6 Å². The first kappa shape index (κ1) is 9.88. The molecule has 0 saturated heterocycles. The van der Waals surface area contributed by atoms with Crippen LogP contribution in [0.3, 0.4) is 0 Å². The second-order valence-corrected chi connectivity index (χ2v) is 3.10. The fourth-order valence-corrected chi connectivity index (χ4v) is 1.36. The molecule has 2 nitrogen and oxygen atoms in total. The first-order valence-electron chi connectivity index (χ1n) is 4.08. The normalized spacial score (nSPS) is 11.8. The molecule has 1 aromatic rings. The van der Waals surface area contributed by atoms with E-state index in [2.05, 4.69) is 0 Å². The summed E-state index contributed by atoms with van der Waals surface area (Å²) in [6.07, 6.45) is 2.27. The van der Waals surface area contributed by atoms with Crippen molar-refractivity contribution in [2.75, 3.05) is 0 Å². The highest BCUT2D eigenvalue weighted by Gasteiger charge is 2.09. The molecule has 0 aliphatic heterocycles. The zero-order valence-corrected chi connectivity index (χ0v) is 8.08. The zero-order valence-electron chi connectivity index (χ0n) is 7.33. The Morgan fingerprint density at radius 2 is 2.38 bits per heavy atom. The van der Waals surface area contributed by atoms with Crippen LogP contribution in [-0.2, 0) is 4.74 Å². The third-order valence-electron chi connectivity index (χ3n) is 1.79. The van der Waals surface area contributed by atoms with Crippen LogP contribution in [0.25, 0.3) is 0 Å². The predicted molar refractivity (Wildman–Crippen MR) is 51.2 cm³/mol. The van der Waals surface area contributed by atoms with Gasteiger partial charge in [-0.25, -0.2) is 0 Å². The molecule has 0 spiro atoms. The van der Waals surface area contributed by atoms with Gasteiger partial charge >= 0.3 is 0 Å². The lowest BCUT2D eigenvalue weighted by molar-refractivity contribution is 0.159. The average molecular weight is 196 g/mol. The maximum atomic E-state index is 8.39. The third-order valence-corrected chi connectivity index (χ3v) is 2.02. The van der Waals surface area contributed by atoms with Crippen LogP contribution in [0.1, 0.15) is 25.0 Å². The molecule has 0 aromatic heterocycles. The summed E-state index contributed by atoms with van der Waals surface area (Å²) >= 11 is 5.81. The largest absolute Gasteiger partial charge is 0.419 e. The van der Waals surface area contributed by atoms with Crippen molar-refractivity contribution in [2.24, 2.45) is 0 Å². The molecule has 3 heteroatoms. The minimum absolute atomic E-state index is 0.177. The van der Waals surface area contributed by atoms with Crippen LogP contribution in [0, 0.1) is 11.5 Å². The molecule has 0 bridgehead atoms. The van der Waals surface area contributed by atoms with E-state index in [0.29, 0.717) is 5.02 Å². The number of halogens is 1. The SMILES string of the molecule is CC[C@H](OC#N)c1cccc(Cl)c1. The van der Waals surface area contributed by atoms with Crippen LogP contribution in [0.2, 0.25) is 5.02 Å². The van der Waals surface area contributed by atoms with E-state index < -0.39 is 0 Å². The van der Waals surface area contributed by atoms with Gasteiger partial charge in [0.05, 0.1) is 0 Å². The van der Waals surface area contributed by atoms with Gasteiger partial charge in [-0.3, -0.25) is 0 Å². The molecule has 0 radical (unpaired) electrons. The van der Waals surface area contributed by atoms with Crippen molar-refractivity contribution in [3.8, 4) is 6.26 Å². The van der Waals surface area contributed by atoms with Crippen molar-refractivity contribution in [3.63, 3.8) is 0 Å². The maximum absolute atomic E-state index is 8.39. The van der Waals surface area contributed by atoms with Gasteiger partial charge in [0.1, 0.15) is 6.10 Å². The highest BCUT2D eigenvalue weighted by atomic mass is 35.5. The molecule has 68 valence electrons. The van der Waals surface area contributed by atoms with Crippen molar-refractivity contribution in [1.82, 2.24) is 0 Å². The summed E-state index contributed by atoms with van der Waals surface area (Å²) in [5.41, 5.74) is 0.941. The van der Waals surface area contributed by atoms with E-state index >= 15 is 0 Å². The van der Waals surface area contributed by atoms with Gasteiger partial charge in [-0.1, -0.05) is 30.7 Å². The molecular formula is C10H10ClNO. The van der Waals surface area contributed by atoms with Crippen LogP contribution in [-0.4, -0.2) is 0 Å². The number of hydrogen-bond donors (Lipinski definition) is 0. The van der Waals surface area contributed by atoms with Crippen molar-refractivity contribution in [2.45, 2.75) is 19.4 Å². The van der Waals surface area contributed by atoms with Crippen LogP contribution in [0.5, 0.6) is 0 Å². The number of hydrogen-bond acceptors (Lipinski definition) is 2. The van der Waals surface area contributed by atoms with Gasteiger partial charge in [-0.05, 0) is 24.1 Å². The van der Waals surface area contributed by atoms with Crippen molar-refractivity contribution in [3.05, 3.63) is 34.9 Å². The smallest absolute Gasteiger partial charge is 0.286 e. The first-order valence-corrected chi connectivity index (χ1v) is 4.46. The third kappa shape index (κ3) is 2.64. The van der Waals surface area contributed by atoms with E-state index in [-0.39, 0.29) is 6.10 Å². The Hall–Kier alpha value is -1.20. The van der Waals surface area contributed by atoms with Gasteiger partial charge in [0.2, 0.25) is 0 Å². The van der Waals surface area contributed by atoms with Crippen LogP contribution in [0.15, 0.2) is 24.3 Å². The van der Waals surface area contributed by atoms with Crippen molar-refractivity contribution >= 4 is 11.6 Å². The average Bonchev–Trinajstić information content (AvgIpc) is 2.14. The van der Waals surface area contributed by atoms with E-state index in [0.717, 1.165) is 12.0 Å². The standard InChI is InChI=1S/C10H10ClNO/c1-2-10(13-7-12)8-4-3-5-9(11)6-8/h3-6,10H,2H2,1H3/t10-/m0/s1. The fraction of sp³-hybridized carbons (Fsp3) is 0.300. The fourth-order valence-electron chi connectivity index (χ4n) is 1.16. The monoisotopic (exact) mass is 195 g/mol. The van der Waals surface area contributed by atoms with Gasteiger partial charge in [0.25, 0.3) is 6.26 Å². The lowest BCUT2D eigenvalue weighted by Gasteiger charge is -2.11. The second-order valence-electron chi connectivity index (χ2n) is 2.66. The molecular weight excluding hydrogens is 186 g/mol. The summed E-state index contributed by atoms with van der Waals surface area (Å²) in [5, 5.41) is 9.06. The summed E-state index contributed by atoms with van der Waals surface area (Å²) in [5.74, 6) is 0. The number of benzene rings is 1. The summed E-state index contributed by atoms with van der Waals surface area (Å²) in [7, 11) is 0. The molecule has 0 fully saturated rings. The van der Waals surface area contributed by atoms with E-state index in [9.17, 15) is 0 Å². The van der Waals surface area contributed by atoms with Crippen molar-refractivity contribution < 1.29 is 4.74 Å². The molecule has 1 aromatic carbocycles. The van der Waals surface area contributed by atoms with E-state index in [1.165, 1.54) is 0 Å². The molecule has 1 atom stereocenters. The van der Waals surface area contributed by atoms with Gasteiger partial charge in [0.15, 0.2) is 0 Å². The summed E-state index contributed by atoms with van der Waals surface area (Å²) in [6.45, 7) is 1.96. The predicted octanol–water partition coefficient (Wildman–Crippen LogP) is 3.29. The van der Waals surface area contributed by atoms with Crippen LogP contribution < -0.4 is 0 Å². The Morgan fingerprint density at radius 1 is 1.62 bits per heavy atom. The van der Waals surface area contributed by atoms with Crippen molar-refractivity contribution in [1.29, 1.82) is 5.26 Å². The number of nitriles is 1. The van der Waals surface area contributed by atoms with E-state index in [4.69, 9.17) is 21.6 Å². The number of nitrogens with zero attached hydrogens (tertiary/aromatic N) is 1. The Bertz CT molecular complexity index is 319. The minimum atomic E-state index is -0.177. The molecule has 0 unspecified atom stereocenters. The summed E-state index contributed by atoms with van der Waals surface area (Å²) in [6, 6.07) is 7.36. The quantitative estimate of drug-likeness (QED) is 0.694. The minimum Gasteiger partial charge on any atom is -0.419 e. The van der Waals surface area contributed by atoms with E-state index in [1.807, 2.05) is 25.1 Å². The van der Waals surface area contributed by atoms with Gasteiger partial charge < -0.3 is 4.74 Å². The summed E-state index contributed by atoms with van der Waals surface area (Å²) < 4.78 is 4.88. The highest BCUT2D eigenvalue weighted by Crippen LogP contribution is 2.22. The van der Waals surface area contributed by atoms with Gasteiger partial charge in [-0.15, -0.1) is 0 Å². The molecule has 0 aliphatic carbocycles. The number of ether oxygens (including phenoxy) is 1. The second kappa shape index (κ2) is 4.74.